The summed E-state index contributed by atoms with van der Waals surface area (Å²) in [5, 5.41) is 6.46. The first kappa shape index (κ1) is 20.0. The number of guanidine groups is 1. The smallest absolute Gasteiger partial charge is 0.231 e. The van der Waals surface area contributed by atoms with Crippen LogP contribution in [0.1, 0.15) is 6.92 Å². The number of nitrogens with one attached hydrogen (secondary N) is 2. The second-order valence-electron chi connectivity index (χ2n) is 4.54. The topological polar surface area (TPSA) is 64.1 Å². The second-order valence-corrected chi connectivity index (χ2v) is 5.53. The molecule has 0 spiro atoms. The summed E-state index contributed by atoms with van der Waals surface area (Å²) < 4.78 is 16.3. The molecule has 0 saturated heterocycles. The van der Waals surface area contributed by atoms with Gasteiger partial charge in [-0.1, -0.05) is 0 Å². The average Bonchev–Trinajstić information content (AvgIpc) is 2.99. The first-order chi connectivity index (χ1) is 10.8. The van der Waals surface area contributed by atoms with Crippen molar-refractivity contribution >= 4 is 41.7 Å². The third-order valence-electron chi connectivity index (χ3n) is 2.92. The fourth-order valence-electron chi connectivity index (χ4n) is 1.90. The van der Waals surface area contributed by atoms with Crippen LogP contribution in [-0.4, -0.2) is 51.0 Å². The van der Waals surface area contributed by atoms with Crippen LogP contribution in [0.5, 0.6) is 17.2 Å². The number of hydrogen-bond acceptors (Lipinski definition) is 5. The molecule has 0 aliphatic carbocycles. The molecule has 0 unspecified atom stereocenters. The highest BCUT2D eigenvalue weighted by atomic mass is 127. The average molecular weight is 453 g/mol. The maximum absolute atomic E-state index is 5.70. The number of rotatable bonds is 8. The molecule has 0 amide bonds. The molecule has 0 saturated carbocycles. The van der Waals surface area contributed by atoms with Gasteiger partial charge in [0.1, 0.15) is 12.4 Å². The summed E-state index contributed by atoms with van der Waals surface area (Å²) in [7, 11) is 0. The molecule has 8 heteroatoms. The molecule has 6 nitrogen and oxygen atoms in total. The zero-order valence-electron chi connectivity index (χ0n) is 13.5. The molecular formula is C15H24IN3O3S. The monoisotopic (exact) mass is 453 g/mol. The Kier molecular flexibility index (Phi) is 10.0. The van der Waals surface area contributed by atoms with Crippen LogP contribution in [0.25, 0.3) is 0 Å². The molecule has 1 aromatic rings. The van der Waals surface area contributed by atoms with Crippen molar-refractivity contribution in [2.75, 3.05) is 45.0 Å². The van der Waals surface area contributed by atoms with Gasteiger partial charge in [-0.3, -0.25) is 4.99 Å². The van der Waals surface area contributed by atoms with Gasteiger partial charge < -0.3 is 24.8 Å². The van der Waals surface area contributed by atoms with E-state index in [1.54, 1.807) is 11.8 Å². The number of fused-ring (bicyclic) bond motifs is 1. The van der Waals surface area contributed by atoms with E-state index in [-0.39, 0.29) is 30.8 Å². The van der Waals surface area contributed by atoms with Gasteiger partial charge in [0, 0.05) is 18.4 Å². The number of halogens is 1. The molecule has 1 aliphatic heterocycles. The van der Waals surface area contributed by atoms with E-state index in [1.165, 1.54) is 0 Å². The summed E-state index contributed by atoms with van der Waals surface area (Å²) in [6.07, 6.45) is 2.08. The van der Waals surface area contributed by atoms with Crippen molar-refractivity contribution < 1.29 is 14.2 Å². The molecular weight excluding hydrogens is 429 g/mol. The van der Waals surface area contributed by atoms with Crippen molar-refractivity contribution in [1.82, 2.24) is 10.6 Å². The van der Waals surface area contributed by atoms with Gasteiger partial charge in [-0.05, 0) is 25.3 Å². The van der Waals surface area contributed by atoms with E-state index < -0.39 is 0 Å². The number of aliphatic imine (C=N–C) groups is 1. The largest absolute Gasteiger partial charge is 0.492 e. The molecule has 1 aromatic carbocycles. The van der Waals surface area contributed by atoms with E-state index >= 15 is 0 Å². The maximum atomic E-state index is 5.70. The zero-order valence-corrected chi connectivity index (χ0v) is 16.6. The fourth-order valence-corrected chi connectivity index (χ4v) is 2.17. The van der Waals surface area contributed by atoms with Crippen LogP contribution in [0.15, 0.2) is 23.2 Å². The highest BCUT2D eigenvalue weighted by Gasteiger charge is 2.13. The van der Waals surface area contributed by atoms with Gasteiger partial charge in [-0.15, -0.1) is 24.0 Å². The zero-order chi connectivity index (χ0) is 15.6. The van der Waals surface area contributed by atoms with Crippen LogP contribution < -0.4 is 24.8 Å². The molecule has 0 fully saturated rings. The Hall–Kier alpha value is -1.03. The predicted octanol–water partition coefficient (Wildman–Crippen LogP) is 2.33. The molecule has 1 aliphatic rings. The summed E-state index contributed by atoms with van der Waals surface area (Å²) in [6.45, 7) is 5.20. The lowest BCUT2D eigenvalue weighted by molar-refractivity contribution is 0.173. The Morgan fingerprint density at radius 2 is 2.13 bits per heavy atom. The van der Waals surface area contributed by atoms with E-state index in [0.29, 0.717) is 13.2 Å². The first-order valence-corrected chi connectivity index (χ1v) is 8.76. The Labute approximate surface area is 158 Å². The number of nitrogens with zero attached hydrogens (tertiary/aromatic N) is 1. The van der Waals surface area contributed by atoms with Crippen LogP contribution >= 0.6 is 35.7 Å². The van der Waals surface area contributed by atoms with E-state index in [2.05, 4.69) is 28.8 Å². The summed E-state index contributed by atoms with van der Waals surface area (Å²) in [4.78, 5) is 4.48. The number of hydrogen-bond donors (Lipinski definition) is 2. The first-order valence-electron chi connectivity index (χ1n) is 7.37. The number of thioether (sulfide) groups is 1. The summed E-state index contributed by atoms with van der Waals surface area (Å²) >= 11 is 1.79. The van der Waals surface area contributed by atoms with E-state index in [9.17, 15) is 0 Å². The Morgan fingerprint density at radius 1 is 1.30 bits per heavy atom. The van der Waals surface area contributed by atoms with Crippen molar-refractivity contribution in [3.05, 3.63) is 18.2 Å². The second kappa shape index (κ2) is 11.5. The lowest BCUT2D eigenvalue weighted by Gasteiger charge is -2.12. The maximum Gasteiger partial charge on any atom is 0.231 e. The van der Waals surface area contributed by atoms with Crippen molar-refractivity contribution in [2.45, 2.75) is 6.92 Å². The lowest BCUT2D eigenvalue weighted by atomic mass is 10.3. The highest BCUT2D eigenvalue weighted by Crippen LogP contribution is 2.34. The van der Waals surface area contributed by atoms with Gasteiger partial charge >= 0.3 is 0 Å². The number of ether oxygens (including phenoxy) is 3. The summed E-state index contributed by atoms with van der Waals surface area (Å²) in [5.74, 6) is 4.11. The molecule has 130 valence electrons. The van der Waals surface area contributed by atoms with Gasteiger partial charge in [0.05, 0.1) is 13.1 Å². The predicted molar refractivity (Wildman–Crippen MR) is 106 cm³/mol. The lowest BCUT2D eigenvalue weighted by Crippen LogP contribution is -2.39. The van der Waals surface area contributed by atoms with E-state index in [4.69, 9.17) is 14.2 Å². The molecule has 23 heavy (non-hydrogen) atoms. The third-order valence-corrected chi connectivity index (χ3v) is 3.51. The molecule has 0 bridgehead atoms. The Morgan fingerprint density at radius 3 is 2.91 bits per heavy atom. The standard InChI is InChI=1S/C15H23N3O3S.HI/c1-3-16-15(18-7-9-22-2)17-6-8-19-12-4-5-13-14(10-12)21-11-20-13;/h4-5,10H,3,6-9,11H2,1-2H3,(H2,16,17,18);1H. The van der Waals surface area contributed by atoms with Crippen molar-refractivity contribution in [1.29, 1.82) is 0 Å². The number of benzene rings is 1. The van der Waals surface area contributed by atoms with E-state index in [0.717, 1.165) is 42.1 Å². The third kappa shape index (κ3) is 6.94. The molecule has 2 rings (SSSR count). The molecule has 0 aromatic heterocycles. The van der Waals surface area contributed by atoms with Gasteiger partial charge in [-0.2, -0.15) is 11.8 Å². The normalized spacial score (nSPS) is 12.5. The van der Waals surface area contributed by atoms with Gasteiger partial charge in [0.2, 0.25) is 6.79 Å². The van der Waals surface area contributed by atoms with Crippen molar-refractivity contribution in [3.8, 4) is 17.2 Å². The highest BCUT2D eigenvalue weighted by molar-refractivity contribution is 14.0. The van der Waals surface area contributed by atoms with Crippen LogP contribution in [0.4, 0.5) is 0 Å². The van der Waals surface area contributed by atoms with Crippen molar-refractivity contribution in [3.63, 3.8) is 0 Å². The minimum Gasteiger partial charge on any atom is -0.492 e. The molecule has 0 radical (unpaired) electrons. The van der Waals surface area contributed by atoms with Crippen LogP contribution in [-0.2, 0) is 0 Å². The van der Waals surface area contributed by atoms with Crippen molar-refractivity contribution in [2.24, 2.45) is 4.99 Å². The Balaban J connectivity index is 0.00000264. The Bertz CT molecular complexity index is 503. The van der Waals surface area contributed by atoms with Gasteiger partial charge in [-0.25, -0.2) is 0 Å². The minimum atomic E-state index is 0. The van der Waals surface area contributed by atoms with E-state index in [1.807, 2.05) is 18.2 Å². The van der Waals surface area contributed by atoms with Gasteiger partial charge in [0.15, 0.2) is 17.5 Å². The fraction of sp³-hybridized carbons (Fsp3) is 0.533. The molecule has 0 atom stereocenters. The SMILES string of the molecule is CCNC(=NCCSC)NCCOc1ccc2c(c1)OCO2.I. The van der Waals surface area contributed by atoms with Gasteiger partial charge in [0.25, 0.3) is 0 Å². The summed E-state index contributed by atoms with van der Waals surface area (Å²) in [6, 6.07) is 5.59. The van der Waals surface area contributed by atoms with Crippen LogP contribution in [0.3, 0.4) is 0 Å². The van der Waals surface area contributed by atoms with Crippen LogP contribution in [0, 0.1) is 0 Å². The molecule has 1 heterocycles. The minimum absolute atomic E-state index is 0. The summed E-state index contributed by atoms with van der Waals surface area (Å²) in [5.41, 5.74) is 0. The quantitative estimate of drug-likeness (QED) is 0.273. The van der Waals surface area contributed by atoms with Crippen LogP contribution in [0.2, 0.25) is 0 Å². The molecule has 2 N–H and O–H groups in total.